The molecule has 0 amide bonds. The summed E-state index contributed by atoms with van der Waals surface area (Å²) in [6.45, 7) is 8.09. The summed E-state index contributed by atoms with van der Waals surface area (Å²) in [7, 11) is 0. The summed E-state index contributed by atoms with van der Waals surface area (Å²) in [5, 5.41) is 0.707. The molecule has 0 unspecified atom stereocenters. The number of nitrogens with one attached hydrogen (secondary N) is 1. The summed E-state index contributed by atoms with van der Waals surface area (Å²) in [5.74, 6) is 0.797. The topological polar surface area (TPSA) is 22.9 Å². The molecule has 19 heavy (non-hydrogen) atoms. The summed E-state index contributed by atoms with van der Waals surface area (Å²) in [5.41, 5.74) is 1.16. The summed E-state index contributed by atoms with van der Waals surface area (Å²) in [6, 6.07) is 5.92. The number of benzene rings is 1. The van der Waals surface area contributed by atoms with Gasteiger partial charge < -0.3 is 14.4 Å². The summed E-state index contributed by atoms with van der Waals surface area (Å²) in [4.78, 5) is 1.65. The van der Waals surface area contributed by atoms with Crippen LogP contribution in [0.2, 0.25) is 5.02 Å². The average molecular weight is 285 g/mol. The lowest BCUT2D eigenvalue weighted by Gasteiger charge is -2.23. The van der Waals surface area contributed by atoms with Gasteiger partial charge >= 0.3 is 0 Å². The van der Waals surface area contributed by atoms with Gasteiger partial charge in [-0.25, -0.2) is 0 Å². The van der Waals surface area contributed by atoms with E-state index in [0.717, 1.165) is 50.6 Å². The number of halogens is 1. The molecule has 1 aliphatic heterocycles. The van der Waals surface area contributed by atoms with E-state index in [4.69, 9.17) is 21.1 Å². The van der Waals surface area contributed by atoms with Gasteiger partial charge in [-0.1, -0.05) is 17.7 Å². The number of unbranched alkanes of at least 4 members (excludes halogenated alkanes) is 1. The highest BCUT2D eigenvalue weighted by atomic mass is 35.5. The molecule has 3 nitrogen and oxygen atoms in total. The molecule has 0 spiro atoms. The first-order chi connectivity index (χ1) is 9.25. The Bertz CT molecular complexity index is 392. The molecule has 1 heterocycles. The van der Waals surface area contributed by atoms with E-state index >= 15 is 0 Å². The van der Waals surface area contributed by atoms with Crippen LogP contribution in [0, 0.1) is 6.92 Å². The molecule has 4 heteroatoms. The highest BCUT2D eigenvalue weighted by molar-refractivity contribution is 6.32. The average Bonchev–Trinajstić information content (AvgIpc) is 2.42. The van der Waals surface area contributed by atoms with Crippen LogP contribution < -0.4 is 9.64 Å². The van der Waals surface area contributed by atoms with Crippen LogP contribution in [0.4, 0.5) is 0 Å². The van der Waals surface area contributed by atoms with Crippen LogP contribution >= 0.6 is 11.6 Å². The molecule has 0 aromatic heterocycles. The van der Waals surface area contributed by atoms with Gasteiger partial charge in [-0.15, -0.1) is 0 Å². The number of rotatable bonds is 6. The van der Waals surface area contributed by atoms with Gasteiger partial charge in [0.2, 0.25) is 0 Å². The molecule has 0 aliphatic carbocycles. The first-order valence-corrected chi connectivity index (χ1v) is 7.44. The Balaban J connectivity index is 1.61. The smallest absolute Gasteiger partial charge is 0.137 e. The monoisotopic (exact) mass is 284 g/mol. The number of hydrogen-bond donors (Lipinski definition) is 1. The molecule has 0 saturated carbocycles. The molecule has 1 N–H and O–H groups in total. The van der Waals surface area contributed by atoms with Crippen LogP contribution in [0.3, 0.4) is 0 Å². The van der Waals surface area contributed by atoms with E-state index < -0.39 is 0 Å². The second-order valence-corrected chi connectivity index (χ2v) is 5.51. The van der Waals surface area contributed by atoms with Crippen LogP contribution in [-0.2, 0) is 4.74 Å². The molecule has 1 aliphatic rings. The largest absolute Gasteiger partial charge is 0.492 e. The third kappa shape index (κ3) is 5.01. The van der Waals surface area contributed by atoms with Crippen molar-refractivity contribution in [2.75, 3.05) is 39.5 Å². The van der Waals surface area contributed by atoms with E-state index in [1.54, 1.807) is 4.90 Å². The summed E-state index contributed by atoms with van der Waals surface area (Å²) >= 11 is 6.12. The molecule has 1 fully saturated rings. The Kier molecular flexibility index (Phi) is 5.95. The van der Waals surface area contributed by atoms with Crippen molar-refractivity contribution < 1.29 is 14.4 Å². The predicted octanol–water partition coefficient (Wildman–Crippen LogP) is 1.72. The first kappa shape index (κ1) is 14.6. The van der Waals surface area contributed by atoms with Crippen molar-refractivity contribution in [2.45, 2.75) is 19.8 Å². The second-order valence-electron chi connectivity index (χ2n) is 5.10. The molecule has 2 rings (SSSR count). The van der Waals surface area contributed by atoms with Gasteiger partial charge in [0, 0.05) is 0 Å². The molecule has 0 atom stereocenters. The minimum Gasteiger partial charge on any atom is -0.492 e. The van der Waals surface area contributed by atoms with Crippen molar-refractivity contribution in [1.82, 2.24) is 0 Å². The zero-order valence-corrected chi connectivity index (χ0v) is 12.3. The van der Waals surface area contributed by atoms with E-state index in [2.05, 4.69) is 0 Å². The summed E-state index contributed by atoms with van der Waals surface area (Å²) < 4.78 is 11.1. The lowest BCUT2D eigenvalue weighted by Crippen LogP contribution is -3.14. The predicted molar refractivity (Wildman–Crippen MR) is 77.3 cm³/mol. The molecule has 1 aromatic carbocycles. The Hall–Kier alpha value is -0.770. The SMILES string of the molecule is Cc1ccc(OCCCC[NH+]2CCOCC2)c(Cl)c1. The molecule has 0 radical (unpaired) electrons. The molecule has 0 bridgehead atoms. The van der Waals surface area contributed by atoms with Crippen LogP contribution in [0.5, 0.6) is 5.75 Å². The molecule has 106 valence electrons. The van der Waals surface area contributed by atoms with Crippen LogP contribution in [0.1, 0.15) is 18.4 Å². The molecule has 1 aromatic rings. The van der Waals surface area contributed by atoms with E-state index in [9.17, 15) is 0 Å². The number of aryl methyl sites for hydroxylation is 1. The normalized spacial score (nSPS) is 16.5. The fourth-order valence-electron chi connectivity index (χ4n) is 2.29. The zero-order chi connectivity index (χ0) is 13.5. The Morgan fingerprint density at radius 3 is 2.79 bits per heavy atom. The fraction of sp³-hybridized carbons (Fsp3) is 0.600. The van der Waals surface area contributed by atoms with Gasteiger partial charge in [-0.2, -0.15) is 0 Å². The van der Waals surface area contributed by atoms with E-state index in [-0.39, 0.29) is 0 Å². The van der Waals surface area contributed by atoms with Crippen LogP contribution in [0.15, 0.2) is 18.2 Å². The van der Waals surface area contributed by atoms with Crippen molar-refractivity contribution in [3.05, 3.63) is 28.8 Å². The Morgan fingerprint density at radius 2 is 2.05 bits per heavy atom. The highest BCUT2D eigenvalue weighted by Crippen LogP contribution is 2.25. The van der Waals surface area contributed by atoms with E-state index in [0.29, 0.717) is 5.02 Å². The standard InChI is InChI=1S/C15H22ClNO2/c1-13-4-5-15(14(16)12-13)19-9-3-2-6-17-7-10-18-11-8-17/h4-5,12H,2-3,6-11H2,1H3/p+1. The third-order valence-electron chi connectivity index (χ3n) is 3.47. The van der Waals surface area contributed by atoms with Crippen LogP contribution in [-0.4, -0.2) is 39.5 Å². The number of hydrogen-bond acceptors (Lipinski definition) is 2. The van der Waals surface area contributed by atoms with Crippen molar-refractivity contribution in [3.63, 3.8) is 0 Å². The minimum atomic E-state index is 0.707. The van der Waals surface area contributed by atoms with E-state index in [1.807, 2.05) is 25.1 Å². The van der Waals surface area contributed by atoms with Gasteiger partial charge in [-0.3, -0.25) is 0 Å². The maximum absolute atomic E-state index is 6.12. The van der Waals surface area contributed by atoms with Crippen molar-refractivity contribution in [2.24, 2.45) is 0 Å². The van der Waals surface area contributed by atoms with E-state index in [1.165, 1.54) is 13.0 Å². The minimum absolute atomic E-state index is 0.707. The van der Waals surface area contributed by atoms with Gasteiger partial charge in [0.25, 0.3) is 0 Å². The van der Waals surface area contributed by atoms with Gasteiger partial charge in [0.1, 0.15) is 18.8 Å². The van der Waals surface area contributed by atoms with Crippen molar-refractivity contribution >= 4 is 11.6 Å². The number of ether oxygens (including phenoxy) is 2. The van der Waals surface area contributed by atoms with Crippen molar-refractivity contribution in [1.29, 1.82) is 0 Å². The fourth-order valence-corrected chi connectivity index (χ4v) is 2.58. The Labute approximate surface area is 120 Å². The van der Waals surface area contributed by atoms with Crippen molar-refractivity contribution in [3.8, 4) is 5.75 Å². The first-order valence-electron chi connectivity index (χ1n) is 7.06. The highest BCUT2D eigenvalue weighted by Gasteiger charge is 2.12. The van der Waals surface area contributed by atoms with Crippen LogP contribution in [0.25, 0.3) is 0 Å². The lowest BCUT2D eigenvalue weighted by atomic mass is 10.2. The number of quaternary nitrogens is 1. The lowest BCUT2D eigenvalue weighted by molar-refractivity contribution is -0.908. The zero-order valence-electron chi connectivity index (χ0n) is 11.6. The second kappa shape index (κ2) is 7.73. The van der Waals surface area contributed by atoms with Gasteiger partial charge in [0.15, 0.2) is 0 Å². The maximum atomic E-state index is 6.12. The number of morpholine rings is 1. The summed E-state index contributed by atoms with van der Waals surface area (Å²) in [6.07, 6.45) is 2.27. The van der Waals surface area contributed by atoms with Gasteiger partial charge in [-0.05, 0) is 37.5 Å². The third-order valence-corrected chi connectivity index (χ3v) is 3.76. The maximum Gasteiger partial charge on any atom is 0.137 e. The molecule has 1 saturated heterocycles. The quantitative estimate of drug-likeness (QED) is 0.804. The molecular weight excluding hydrogens is 262 g/mol. The molecular formula is C15H23ClNO2+. The Morgan fingerprint density at radius 1 is 1.26 bits per heavy atom. The van der Waals surface area contributed by atoms with Gasteiger partial charge in [0.05, 0.1) is 31.4 Å².